The Morgan fingerprint density at radius 2 is 1.61 bits per heavy atom. The molecule has 1 fully saturated rings. The van der Waals surface area contributed by atoms with Gasteiger partial charge in [-0.05, 0) is 43.7 Å². The Bertz CT molecular complexity index is 1250. The number of nitrogens with one attached hydrogen (secondary N) is 2. The van der Waals surface area contributed by atoms with Gasteiger partial charge in [0.15, 0.2) is 0 Å². The number of ether oxygens (including phenoxy) is 1. The predicted molar refractivity (Wildman–Crippen MR) is 121 cm³/mol. The number of benzene rings is 2. The summed E-state index contributed by atoms with van der Waals surface area (Å²) >= 11 is 6.08. The smallest absolute Gasteiger partial charge is 0.340 e. The van der Waals surface area contributed by atoms with Crippen LogP contribution in [-0.4, -0.2) is 35.0 Å². The summed E-state index contributed by atoms with van der Waals surface area (Å²) in [6, 6.07) is 15.1. The molecule has 4 amide bonds. The monoisotopic (exact) mass is 465 g/mol. The third-order valence-corrected chi connectivity index (χ3v) is 5.60. The molecule has 4 rings (SSSR count). The quantitative estimate of drug-likeness (QED) is 0.441. The van der Waals surface area contributed by atoms with Crippen molar-refractivity contribution in [2.24, 2.45) is 0 Å². The number of rotatable bonds is 5. The van der Waals surface area contributed by atoms with Gasteiger partial charge < -0.3 is 9.30 Å². The van der Waals surface area contributed by atoms with Crippen LogP contribution < -0.4 is 10.6 Å². The Morgan fingerprint density at radius 1 is 1.00 bits per heavy atom. The van der Waals surface area contributed by atoms with Crippen molar-refractivity contribution in [2.75, 3.05) is 6.61 Å². The molecule has 9 heteroatoms. The molecule has 1 aliphatic rings. The zero-order valence-corrected chi connectivity index (χ0v) is 18.6. The first-order valence-electron chi connectivity index (χ1n) is 10.2. The van der Waals surface area contributed by atoms with Crippen LogP contribution in [0, 0.1) is 6.92 Å². The van der Waals surface area contributed by atoms with Crippen molar-refractivity contribution in [1.29, 1.82) is 0 Å². The lowest BCUT2D eigenvalue weighted by molar-refractivity contribution is -0.132. The highest BCUT2D eigenvalue weighted by atomic mass is 35.5. The van der Waals surface area contributed by atoms with Crippen LogP contribution in [0.2, 0.25) is 5.02 Å². The molecule has 2 N–H and O–H groups in total. The second-order valence-electron chi connectivity index (χ2n) is 7.36. The summed E-state index contributed by atoms with van der Waals surface area (Å²) in [4.78, 5) is 50.5. The molecule has 0 spiro atoms. The van der Waals surface area contributed by atoms with Gasteiger partial charge in [-0.15, -0.1) is 0 Å². The number of aromatic nitrogens is 1. The molecule has 1 aromatic heterocycles. The molecule has 0 bridgehead atoms. The third-order valence-electron chi connectivity index (χ3n) is 5.34. The summed E-state index contributed by atoms with van der Waals surface area (Å²) in [5.74, 6) is -3.75. The lowest BCUT2D eigenvalue weighted by Crippen LogP contribution is -2.54. The lowest BCUT2D eigenvalue weighted by Gasteiger charge is -2.23. The van der Waals surface area contributed by atoms with Gasteiger partial charge >= 0.3 is 12.0 Å². The Morgan fingerprint density at radius 3 is 2.18 bits per heavy atom. The zero-order valence-electron chi connectivity index (χ0n) is 17.8. The van der Waals surface area contributed by atoms with Crippen LogP contribution in [0.3, 0.4) is 0 Å². The number of carbonyl (C=O) groups is 4. The molecule has 1 saturated heterocycles. The lowest BCUT2D eigenvalue weighted by atomic mass is 9.89. The molecule has 33 heavy (non-hydrogen) atoms. The molecule has 2 heterocycles. The Hall–Kier alpha value is -3.91. The number of halogens is 1. The van der Waals surface area contributed by atoms with Crippen LogP contribution >= 0.6 is 11.6 Å². The number of nitrogens with zero attached hydrogens (tertiary/aromatic N) is 1. The van der Waals surface area contributed by atoms with Gasteiger partial charge in [0.05, 0.1) is 17.9 Å². The average molecular weight is 466 g/mol. The van der Waals surface area contributed by atoms with E-state index < -0.39 is 29.7 Å². The Kier molecular flexibility index (Phi) is 6.02. The van der Waals surface area contributed by atoms with Crippen LogP contribution in [0.1, 0.15) is 34.5 Å². The van der Waals surface area contributed by atoms with Gasteiger partial charge in [-0.2, -0.15) is 0 Å². The molecule has 0 atom stereocenters. The van der Waals surface area contributed by atoms with Crippen LogP contribution in [0.4, 0.5) is 4.79 Å². The van der Waals surface area contributed by atoms with Crippen molar-refractivity contribution in [1.82, 2.24) is 15.2 Å². The van der Waals surface area contributed by atoms with E-state index in [1.54, 1.807) is 42.7 Å². The summed E-state index contributed by atoms with van der Waals surface area (Å²) in [7, 11) is 0. The van der Waals surface area contributed by atoms with Crippen LogP contribution in [0.15, 0.2) is 54.6 Å². The average Bonchev–Trinajstić information content (AvgIpc) is 3.07. The minimum atomic E-state index is -1.44. The number of amides is 4. The first-order valence-corrected chi connectivity index (χ1v) is 10.6. The molecule has 8 nitrogen and oxygen atoms in total. The second-order valence-corrected chi connectivity index (χ2v) is 7.80. The van der Waals surface area contributed by atoms with E-state index in [0.717, 1.165) is 0 Å². The maximum absolute atomic E-state index is 13.1. The maximum atomic E-state index is 13.1. The largest absolute Gasteiger partial charge is 0.462 e. The molecular weight excluding hydrogens is 446 g/mol. The van der Waals surface area contributed by atoms with Crippen molar-refractivity contribution in [3.8, 4) is 16.9 Å². The van der Waals surface area contributed by atoms with E-state index in [1.165, 1.54) is 0 Å². The van der Waals surface area contributed by atoms with E-state index in [0.29, 0.717) is 27.7 Å². The molecule has 1 aliphatic heterocycles. The summed E-state index contributed by atoms with van der Waals surface area (Å²) < 4.78 is 7.07. The van der Waals surface area contributed by atoms with Gasteiger partial charge in [0.25, 0.3) is 0 Å². The molecule has 168 valence electrons. The van der Waals surface area contributed by atoms with Crippen molar-refractivity contribution < 1.29 is 23.9 Å². The molecule has 0 radical (unpaired) electrons. The van der Waals surface area contributed by atoms with E-state index in [2.05, 4.69) is 10.6 Å². The molecule has 0 saturated carbocycles. The predicted octanol–water partition coefficient (Wildman–Crippen LogP) is 3.73. The maximum Gasteiger partial charge on any atom is 0.340 e. The summed E-state index contributed by atoms with van der Waals surface area (Å²) in [6.45, 7) is 3.48. The molecule has 0 aliphatic carbocycles. The highest BCUT2D eigenvalue weighted by molar-refractivity contribution is 6.30. The molecule has 3 aromatic rings. The van der Waals surface area contributed by atoms with Gasteiger partial charge in [-0.25, -0.2) is 9.59 Å². The first-order chi connectivity index (χ1) is 15.8. The zero-order chi connectivity index (χ0) is 23.7. The fourth-order valence-corrected chi connectivity index (χ4v) is 4.16. The van der Waals surface area contributed by atoms with Crippen molar-refractivity contribution >= 4 is 35.4 Å². The van der Waals surface area contributed by atoms with E-state index in [9.17, 15) is 19.2 Å². The fourth-order valence-electron chi connectivity index (χ4n) is 4.03. The number of carbonyl (C=O) groups excluding carboxylic acids is 4. The number of esters is 1. The highest BCUT2D eigenvalue weighted by Gasteiger charge is 2.42. The van der Waals surface area contributed by atoms with Crippen LogP contribution in [0.25, 0.3) is 16.9 Å². The minimum Gasteiger partial charge on any atom is -0.462 e. The van der Waals surface area contributed by atoms with E-state index in [4.69, 9.17) is 16.3 Å². The van der Waals surface area contributed by atoms with Gasteiger partial charge in [-0.3, -0.25) is 20.2 Å². The van der Waals surface area contributed by atoms with Gasteiger partial charge in [0.1, 0.15) is 5.92 Å². The second kappa shape index (κ2) is 8.91. The van der Waals surface area contributed by atoms with Crippen LogP contribution in [-0.2, 0) is 14.3 Å². The molecule has 2 aromatic carbocycles. The standard InChI is InChI=1S/C24H20ClN3O5/c1-3-33-23(31)17-13(2)28(16-11-9-15(25)10-12-16)20(14-7-5-4-6-8-14)18(17)19-21(29)26-24(32)27-22(19)30/h4-12,19H,3H2,1-2H3,(H2,26,27,29,30,32). The van der Waals surface area contributed by atoms with Gasteiger partial charge in [0.2, 0.25) is 11.8 Å². The van der Waals surface area contributed by atoms with Crippen molar-refractivity contribution in [3.63, 3.8) is 0 Å². The Labute approximate surface area is 194 Å². The van der Waals surface area contributed by atoms with Gasteiger partial charge in [0, 0.05) is 22.0 Å². The summed E-state index contributed by atoms with van der Waals surface area (Å²) in [5, 5.41) is 4.77. The number of urea groups is 1. The van der Waals surface area contributed by atoms with E-state index >= 15 is 0 Å². The normalized spacial score (nSPS) is 14.1. The molecule has 0 unspecified atom stereocenters. The minimum absolute atomic E-state index is 0.0929. The van der Waals surface area contributed by atoms with Crippen LogP contribution in [0.5, 0.6) is 0 Å². The SMILES string of the molecule is CCOC(=O)c1c(C2C(=O)NC(=O)NC2=O)c(-c2ccccc2)n(-c2ccc(Cl)cc2)c1C. The van der Waals surface area contributed by atoms with Gasteiger partial charge in [-0.1, -0.05) is 41.9 Å². The first kappa shape index (κ1) is 22.3. The topological polar surface area (TPSA) is 106 Å². The number of hydrogen-bond donors (Lipinski definition) is 2. The highest BCUT2D eigenvalue weighted by Crippen LogP contribution is 2.40. The number of imide groups is 2. The number of hydrogen-bond acceptors (Lipinski definition) is 5. The fraction of sp³-hybridized carbons (Fsp3) is 0.167. The van der Waals surface area contributed by atoms with Crippen molar-refractivity contribution in [2.45, 2.75) is 19.8 Å². The van der Waals surface area contributed by atoms with Crippen molar-refractivity contribution in [3.05, 3.63) is 76.4 Å². The Balaban J connectivity index is 2.10. The third kappa shape index (κ3) is 4.01. The summed E-state index contributed by atoms with van der Waals surface area (Å²) in [6.07, 6.45) is 0. The summed E-state index contributed by atoms with van der Waals surface area (Å²) in [5.41, 5.74) is 2.52. The number of barbiturate groups is 1. The van der Waals surface area contributed by atoms with E-state index in [-0.39, 0.29) is 17.7 Å². The van der Waals surface area contributed by atoms with E-state index in [1.807, 2.05) is 30.3 Å². The molecular formula is C24H20ClN3O5.